The van der Waals surface area contributed by atoms with E-state index in [1.54, 1.807) is 38.9 Å². The standard InChI is InChI=1S/C23H27FN4O2/c1-16(2)13-17(29)15-26-11-6-12-27(23(26)30)20-9-5-10-21-18(20)14-25-28(21)22-8-4-3-7-19(22)24/h3-5,7-10,14,16-17,29H,6,11-13,15H2,1-2H3. The maximum absolute atomic E-state index is 14.3. The molecule has 1 N–H and O–H groups in total. The fraction of sp³-hybridized carbons (Fsp3) is 0.391. The van der Waals surface area contributed by atoms with Crippen LogP contribution in [0.2, 0.25) is 0 Å². The first-order chi connectivity index (χ1) is 14.5. The van der Waals surface area contributed by atoms with E-state index >= 15 is 0 Å². The van der Waals surface area contributed by atoms with Crippen molar-refractivity contribution in [2.45, 2.75) is 32.8 Å². The van der Waals surface area contributed by atoms with Gasteiger partial charge in [0.2, 0.25) is 0 Å². The number of fused-ring (bicyclic) bond motifs is 1. The van der Waals surface area contributed by atoms with Gasteiger partial charge in [0, 0.05) is 25.0 Å². The molecule has 0 bridgehead atoms. The zero-order valence-electron chi connectivity index (χ0n) is 17.3. The van der Waals surface area contributed by atoms with Crippen molar-refractivity contribution < 1.29 is 14.3 Å². The van der Waals surface area contributed by atoms with E-state index in [4.69, 9.17) is 0 Å². The maximum Gasteiger partial charge on any atom is 0.324 e. The van der Waals surface area contributed by atoms with Crippen LogP contribution in [-0.2, 0) is 0 Å². The zero-order valence-corrected chi connectivity index (χ0v) is 17.3. The topological polar surface area (TPSA) is 61.6 Å². The van der Waals surface area contributed by atoms with E-state index in [0.29, 0.717) is 37.7 Å². The predicted molar refractivity (Wildman–Crippen MR) is 115 cm³/mol. The largest absolute Gasteiger partial charge is 0.391 e. The normalized spacial score (nSPS) is 16.0. The van der Waals surface area contributed by atoms with Crippen molar-refractivity contribution in [2.75, 3.05) is 24.5 Å². The Morgan fingerprint density at radius 3 is 2.63 bits per heavy atom. The van der Waals surface area contributed by atoms with Gasteiger partial charge in [0.1, 0.15) is 11.5 Å². The number of amides is 2. The molecular formula is C23H27FN4O2. The Kier molecular flexibility index (Phi) is 5.72. The van der Waals surface area contributed by atoms with E-state index in [1.807, 2.05) is 18.2 Å². The second kappa shape index (κ2) is 8.44. The molecule has 2 heterocycles. The van der Waals surface area contributed by atoms with Crippen LogP contribution in [0.3, 0.4) is 0 Å². The van der Waals surface area contributed by atoms with Crippen molar-refractivity contribution in [2.24, 2.45) is 5.92 Å². The summed E-state index contributed by atoms with van der Waals surface area (Å²) in [6, 6.07) is 12.0. The summed E-state index contributed by atoms with van der Waals surface area (Å²) in [6.45, 7) is 5.68. The summed E-state index contributed by atoms with van der Waals surface area (Å²) in [5, 5.41) is 15.5. The van der Waals surface area contributed by atoms with Gasteiger partial charge in [0.15, 0.2) is 0 Å². The van der Waals surface area contributed by atoms with Gasteiger partial charge in [0.05, 0.1) is 23.5 Å². The number of β-amino-alcohol motifs (C(OH)–C–C–N with tert-alkyl or cyclic N) is 1. The van der Waals surface area contributed by atoms with Gasteiger partial charge in [-0.15, -0.1) is 0 Å². The molecule has 3 aromatic rings. The quantitative estimate of drug-likeness (QED) is 0.662. The number of nitrogens with zero attached hydrogens (tertiary/aromatic N) is 4. The van der Waals surface area contributed by atoms with Crippen molar-refractivity contribution in [3.8, 4) is 5.69 Å². The average Bonchev–Trinajstić information content (AvgIpc) is 3.13. The molecule has 0 radical (unpaired) electrons. The number of aliphatic hydroxyl groups is 1. The first-order valence-electron chi connectivity index (χ1n) is 10.4. The van der Waals surface area contributed by atoms with Gasteiger partial charge in [-0.1, -0.05) is 32.0 Å². The van der Waals surface area contributed by atoms with Crippen LogP contribution in [-0.4, -0.2) is 51.6 Å². The minimum absolute atomic E-state index is 0.116. The van der Waals surface area contributed by atoms with E-state index in [1.165, 1.54) is 6.07 Å². The van der Waals surface area contributed by atoms with E-state index < -0.39 is 6.10 Å². The van der Waals surface area contributed by atoms with Gasteiger partial charge < -0.3 is 10.0 Å². The first kappa shape index (κ1) is 20.3. The molecule has 6 nitrogen and oxygen atoms in total. The van der Waals surface area contributed by atoms with Crippen molar-refractivity contribution in [3.63, 3.8) is 0 Å². The van der Waals surface area contributed by atoms with Crippen molar-refractivity contribution in [1.82, 2.24) is 14.7 Å². The highest BCUT2D eigenvalue weighted by Crippen LogP contribution is 2.31. The predicted octanol–water partition coefficient (Wildman–Crippen LogP) is 4.20. The lowest BCUT2D eigenvalue weighted by Gasteiger charge is -2.37. The maximum atomic E-state index is 14.3. The van der Waals surface area contributed by atoms with Gasteiger partial charge in [-0.3, -0.25) is 4.90 Å². The molecular weight excluding hydrogens is 383 g/mol. The van der Waals surface area contributed by atoms with Crippen molar-refractivity contribution in [3.05, 3.63) is 54.5 Å². The van der Waals surface area contributed by atoms with Gasteiger partial charge in [-0.2, -0.15) is 5.10 Å². The molecule has 2 amide bonds. The molecule has 1 aromatic heterocycles. The number of hydrogen-bond donors (Lipinski definition) is 1. The number of carbonyl (C=O) groups excluding carboxylic acids is 1. The Morgan fingerprint density at radius 1 is 1.10 bits per heavy atom. The van der Waals surface area contributed by atoms with Crippen LogP contribution in [0, 0.1) is 11.7 Å². The Labute approximate surface area is 175 Å². The third-order valence-electron chi connectivity index (χ3n) is 5.45. The number of urea groups is 1. The van der Waals surface area contributed by atoms with Gasteiger partial charge >= 0.3 is 6.03 Å². The average molecular weight is 410 g/mol. The number of rotatable bonds is 6. The van der Waals surface area contributed by atoms with E-state index in [0.717, 1.165) is 23.0 Å². The van der Waals surface area contributed by atoms with Gasteiger partial charge in [0.25, 0.3) is 0 Å². The summed E-state index contributed by atoms with van der Waals surface area (Å²) >= 11 is 0. The second-order valence-electron chi connectivity index (χ2n) is 8.23. The summed E-state index contributed by atoms with van der Waals surface area (Å²) in [5.41, 5.74) is 1.86. The number of hydrogen-bond acceptors (Lipinski definition) is 3. The molecule has 1 atom stereocenters. The highest BCUT2D eigenvalue weighted by Gasteiger charge is 2.29. The van der Waals surface area contributed by atoms with E-state index in [2.05, 4.69) is 18.9 Å². The molecule has 1 unspecified atom stereocenters. The third-order valence-corrected chi connectivity index (χ3v) is 5.45. The SMILES string of the molecule is CC(C)CC(O)CN1CCCN(c2cccc3c2cnn3-c2ccccc2F)C1=O. The minimum atomic E-state index is -0.534. The molecule has 2 aromatic carbocycles. The zero-order chi connectivity index (χ0) is 21.3. The number of benzene rings is 2. The summed E-state index contributed by atoms with van der Waals surface area (Å²) in [6.07, 6.45) is 2.62. The minimum Gasteiger partial charge on any atom is -0.391 e. The fourth-order valence-corrected chi connectivity index (χ4v) is 4.13. The third kappa shape index (κ3) is 3.89. The van der Waals surface area contributed by atoms with Crippen LogP contribution in [0.5, 0.6) is 0 Å². The first-order valence-corrected chi connectivity index (χ1v) is 10.4. The molecule has 1 saturated heterocycles. The molecule has 4 rings (SSSR count). The molecule has 7 heteroatoms. The molecule has 0 aliphatic carbocycles. The molecule has 1 aliphatic rings. The number of anilines is 1. The monoisotopic (exact) mass is 410 g/mol. The number of halogens is 1. The van der Waals surface area contributed by atoms with Crippen LogP contribution in [0.4, 0.5) is 14.9 Å². The Bertz CT molecular complexity index is 1050. The second-order valence-corrected chi connectivity index (χ2v) is 8.23. The summed E-state index contributed by atoms with van der Waals surface area (Å²) in [4.78, 5) is 16.6. The van der Waals surface area contributed by atoms with E-state index in [9.17, 15) is 14.3 Å². The van der Waals surface area contributed by atoms with Crippen LogP contribution in [0.25, 0.3) is 16.6 Å². The Hall–Kier alpha value is -2.93. The molecule has 0 spiro atoms. The molecule has 1 fully saturated rings. The number of aliphatic hydroxyl groups excluding tert-OH is 1. The highest BCUT2D eigenvalue weighted by atomic mass is 19.1. The fourth-order valence-electron chi connectivity index (χ4n) is 4.13. The van der Waals surface area contributed by atoms with E-state index in [-0.39, 0.29) is 11.8 Å². The molecule has 30 heavy (non-hydrogen) atoms. The van der Waals surface area contributed by atoms with Crippen LogP contribution in [0.1, 0.15) is 26.7 Å². The Morgan fingerprint density at radius 2 is 1.87 bits per heavy atom. The summed E-state index contributed by atoms with van der Waals surface area (Å²) < 4.78 is 15.9. The molecule has 1 aliphatic heterocycles. The van der Waals surface area contributed by atoms with Crippen molar-refractivity contribution >= 4 is 22.6 Å². The lowest BCUT2D eigenvalue weighted by atomic mass is 10.1. The Balaban J connectivity index is 1.65. The number of aromatic nitrogens is 2. The lowest BCUT2D eigenvalue weighted by Crippen LogP contribution is -2.51. The lowest BCUT2D eigenvalue weighted by molar-refractivity contribution is 0.102. The van der Waals surface area contributed by atoms with Crippen molar-refractivity contribution in [1.29, 1.82) is 0 Å². The van der Waals surface area contributed by atoms with Gasteiger partial charge in [-0.05, 0) is 43.0 Å². The van der Waals surface area contributed by atoms with Crippen LogP contribution in [0.15, 0.2) is 48.7 Å². The summed E-state index contributed by atoms with van der Waals surface area (Å²) in [7, 11) is 0. The highest BCUT2D eigenvalue weighted by molar-refractivity contribution is 6.02. The molecule has 0 saturated carbocycles. The number of para-hydroxylation sites is 1. The summed E-state index contributed by atoms with van der Waals surface area (Å²) in [5.74, 6) is 0.0150. The smallest absolute Gasteiger partial charge is 0.324 e. The molecule has 158 valence electrons. The van der Waals surface area contributed by atoms with Crippen LogP contribution >= 0.6 is 0 Å². The van der Waals surface area contributed by atoms with Crippen LogP contribution < -0.4 is 4.90 Å². The number of carbonyl (C=O) groups is 1. The van der Waals surface area contributed by atoms with Gasteiger partial charge in [-0.25, -0.2) is 13.9 Å².